The fourth-order valence-electron chi connectivity index (χ4n) is 2.55. The Morgan fingerprint density at radius 1 is 1.09 bits per heavy atom. The van der Waals surface area contributed by atoms with Gasteiger partial charge in [0.25, 0.3) is 0 Å². The number of hydrogen-bond acceptors (Lipinski definition) is 3. The Hall–Kier alpha value is -2.75. The van der Waals surface area contributed by atoms with Crippen molar-refractivity contribution in [3.05, 3.63) is 66.7 Å². The highest BCUT2D eigenvalue weighted by Gasteiger charge is 2.17. The van der Waals surface area contributed by atoms with Gasteiger partial charge in [-0.3, -0.25) is 4.79 Å². The molecular weight excluding hydrogens is 274 g/mol. The van der Waals surface area contributed by atoms with Crippen molar-refractivity contribution in [2.45, 2.75) is 19.8 Å². The van der Waals surface area contributed by atoms with Gasteiger partial charge in [-0.15, -0.1) is 0 Å². The summed E-state index contributed by atoms with van der Waals surface area (Å²) in [6.45, 7) is 2.01. The third-order valence-corrected chi connectivity index (χ3v) is 3.55. The molecular formula is C18H17N3O. The van der Waals surface area contributed by atoms with Crippen molar-refractivity contribution in [2.24, 2.45) is 0 Å². The topological polar surface area (TPSA) is 47.8 Å². The number of carbonyl (C=O) groups excluding carboxylic acids is 1. The summed E-state index contributed by atoms with van der Waals surface area (Å²) >= 11 is 0. The number of carbonyl (C=O) groups is 1. The average molecular weight is 291 g/mol. The lowest BCUT2D eigenvalue weighted by Crippen LogP contribution is -2.08. The van der Waals surface area contributed by atoms with E-state index in [4.69, 9.17) is 0 Å². The molecule has 4 nitrogen and oxygen atoms in total. The first-order valence-corrected chi connectivity index (χ1v) is 7.38. The molecule has 0 atom stereocenters. The van der Waals surface area contributed by atoms with Crippen LogP contribution in [0.4, 0.5) is 0 Å². The maximum atomic E-state index is 12.5. The van der Waals surface area contributed by atoms with E-state index in [2.05, 4.69) is 10.1 Å². The maximum absolute atomic E-state index is 12.5. The van der Waals surface area contributed by atoms with Crippen LogP contribution in [0.15, 0.2) is 61.2 Å². The average Bonchev–Trinajstić information content (AvgIpc) is 3.09. The molecule has 22 heavy (non-hydrogen) atoms. The number of nitrogens with zero attached hydrogens (tertiary/aromatic N) is 3. The van der Waals surface area contributed by atoms with Crippen LogP contribution in [0.25, 0.3) is 16.8 Å². The van der Waals surface area contributed by atoms with Gasteiger partial charge in [0.1, 0.15) is 12.7 Å². The zero-order valence-corrected chi connectivity index (χ0v) is 12.4. The van der Waals surface area contributed by atoms with Crippen molar-refractivity contribution >= 4 is 5.78 Å². The molecule has 0 spiro atoms. The Bertz CT molecular complexity index is 764. The van der Waals surface area contributed by atoms with E-state index in [0.717, 1.165) is 23.2 Å². The van der Waals surface area contributed by atoms with Crippen LogP contribution in [0.1, 0.15) is 30.1 Å². The fraction of sp³-hybridized carbons (Fsp3) is 0.167. The molecule has 0 aliphatic rings. The van der Waals surface area contributed by atoms with Crippen LogP contribution in [0.2, 0.25) is 0 Å². The molecule has 0 saturated carbocycles. The SMILES string of the molecule is CCCC(=O)c1cccc(-c2ccccc2)c1-n1cncn1. The standard InChI is InChI=1S/C18H17N3O/c1-2-7-17(22)16-11-6-10-15(14-8-4-3-5-9-14)18(16)21-13-19-12-20-21/h3-6,8-13H,2,7H2,1H3. The monoisotopic (exact) mass is 291 g/mol. The summed E-state index contributed by atoms with van der Waals surface area (Å²) in [7, 11) is 0. The van der Waals surface area contributed by atoms with Gasteiger partial charge in [-0.25, -0.2) is 9.67 Å². The van der Waals surface area contributed by atoms with Gasteiger partial charge in [0.05, 0.1) is 5.69 Å². The number of para-hydroxylation sites is 1. The van der Waals surface area contributed by atoms with E-state index in [1.54, 1.807) is 11.0 Å². The molecule has 110 valence electrons. The number of aromatic nitrogens is 3. The zero-order chi connectivity index (χ0) is 15.4. The number of Topliss-reactive ketones (excluding diaryl/α,β-unsaturated/α-hetero) is 1. The van der Waals surface area contributed by atoms with Gasteiger partial charge in [0, 0.05) is 17.5 Å². The van der Waals surface area contributed by atoms with Crippen LogP contribution in [0.3, 0.4) is 0 Å². The predicted octanol–water partition coefficient (Wildman–Crippen LogP) is 3.92. The Balaban J connectivity index is 2.23. The maximum Gasteiger partial charge on any atom is 0.165 e. The molecule has 1 heterocycles. The molecule has 3 aromatic rings. The van der Waals surface area contributed by atoms with Crippen molar-refractivity contribution in [3.63, 3.8) is 0 Å². The summed E-state index contributed by atoms with van der Waals surface area (Å²) in [5.74, 6) is 0.130. The van der Waals surface area contributed by atoms with Crippen LogP contribution >= 0.6 is 0 Å². The number of rotatable bonds is 5. The molecule has 1 aromatic heterocycles. The molecule has 3 rings (SSSR count). The summed E-state index contributed by atoms with van der Waals surface area (Å²) < 4.78 is 1.67. The minimum absolute atomic E-state index is 0.130. The summed E-state index contributed by atoms with van der Waals surface area (Å²) in [6, 6.07) is 15.8. The zero-order valence-electron chi connectivity index (χ0n) is 12.4. The predicted molar refractivity (Wildman–Crippen MR) is 86.0 cm³/mol. The Morgan fingerprint density at radius 2 is 1.91 bits per heavy atom. The van der Waals surface area contributed by atoms with E-state index in [-0.39, 0.29) is 5.78 Å². The van der Waals surface area contributed by atoms with E-state index >= 15 is 0 Å². The van der Waals surface area contributed by atoms with Crippen molar-refractivity contribution in [1.82, 2.24) is 14.8 Å². The lowest BCUT2D eigenvalue weighted by molar-refractivity contribution is 0.0981. The van der Waals surface area contributed by atoms with Crippen molar-refractivity contribution in [1.29, 1.82) is 0 Å². The van der Waals surface area contributed by atoms with Crippen LogP contribution in [0, 0.1) is 0 Å². The molecule has 0 N–H and O–H groups in total. The number of benzene rings is 2. The van der Waals surface area contributed by atoms with E-state index in [1.165, 1.54) is 6.33 Å². The highest BCUT2D eigenvalue weighted by molar-refractivity contribution is 6.02. The Labute approximate surface area is 129 Å². The molecule has 0 saturated heterocycles. The second-order valence-electron chi connectivity index (χ2n) is 5.08. The molecule has 0 bridgehead atoms. The summed E-state index contributed by atoms with van der Waals surface area (Å²) in [4.78, 5) is 16.5. The van der Waals surface area contributed by atoms with Crippen LogP contribution in [-0.4, -0.2) is 20.5 Å². The molecule has 0 unspecified atom stereocenters. The van der Waals surface area contributed by atoms with Gasteiger partial charge in [0.15, 0.2) is 5.78 Å². The first kappa shape index (κ1) is 14.2. The molecule has 4 heteroatoms. The first-order valence-electron chi connectivity index (χ1n) is 7.38. The van der Waals surface area contributed by atoms with E-state index in [9.17, 15) is 4.79 Å². The lowest BCUT2D eigenvalue weighted by Gasteiger charge is -2.14. The Kier molecular flexibility index (Phi) is 4.10. The van der Waals surface area contributed by atoms with Gasteiger partial charge >= 0.3 is 0 Å². The summed E-state index contributed by atoms with van der Waals surface area (Å²) in [5, 5.41) is 4.23. The third kappa shape index (κ3) is 2.68. The summed E-state index contributed by atoms with van der Waals surface area (Å²) in [6.07, 6.45) is 4.46. The van der Waals surface area contributed by atoms with Crippen molar-refractivity contribution < 1.29 is 4.79 Å². The number of hydrogen-bond donors (Lipinski definition) is 0. The highest BCUT2D eigenvalue weighted by Crippen LogP contribution is 2.29. The van der Waals surface area contributed by atoms with Crippen LogP contribution in [-0.2, 0) is 0 Å². The lowest BCUT2D eigenvalue weighted by atomic mass is 9.96. The van der Waals surface area contributed by atoms with Crippen LogP contribution < -0.4 is 0 Å². The molecule has 0 amide bonds. The fourth-order valence-corrected chi connectivity index (χ4v) is 2.55. The van der Waals surface area contributed by atoms with Crippen molar-refractivity contribution in [2.75, 3.05) is 0 Å². The molecule has 0 radical (unpaired) electrons. The second kappa shape index (κ2) is 6.35. The second-order valence-corrected chi connectivity index (χ2v) is 5.08. The molecule has 0 aliphatic heterocycles. The third-order valence-electron chi connectivity index (χ3n) is 3.55. The quantitative estimate of drug-likeness (QED) is 0.669. The minimum Gasteiger partial charge on any atom is -0.294 e. The minimum atomic E-state index is 0.130. The smallest absolute Gasteiger partial charge is 0.165 e. The van der Waals surface area contributed by atoms with Gasteiger partial charge in [0.2, 0.25) is 0 Å². The van der Waals surface area contributed by atoms with E-state index in [1.807, 2.05) is 55.5 Å². The Morgan fingerprint density at radius 3 is 2.59 bits per heavy atom. The van der Waals surface area contributed by atoms with Gasteiger partial charge < -0.3 is 0 Å². The van der Waals surface area contributed by atoms with Crippen LogP contribution in [0.5, 0.6) is 0 Å². The van der Waals surface area contributed by atoms with E-state index < -0.39 is 0 Å². The van der Waals surface area contributed by atoms with E-state index in [0.29, 0.717) is 12.0 Å². The first-order chi connectivity index (χ1) is 10.8. The molecule has 0 fully saturated rings. The molecule has 0 aliphatic carbocycles. The normalized spacial score (nSPS) is 10.6. The van der Waals surface area contributed by atoms with Gasteiger partial charge in [-0.05, 0) is 18.1 Å². The number of ketones is 1. The van der Waals surface area contributed by atoms with Gasteiger partial charge in [-0.2, -0.15) is 5.10 Å². The molecule has 2 aromatic carbocycles. The largest absolute Gasteiger partial charge is 0.294 e. The highest BCUT2D eigenvalue weighted by atomic mass is 16.1. The summed E-state index contributed by atoms with van der Waals surface area (Å²) in [5.41, 5.74) is 3.52. The van der Waals surface area contributed by atoms with Crippen molar-refractivity contribution in [3.8, 4) is 16.8 Å². The van der Waals surface area contributed by atoms with Gasteiger partial charge in [-0.1, -0.05) is 49.4 Å².